The summed E-state index contributed by atoms with van der Waals surface area (Å²) in [7, 11) is -1.13. The molecule has 2 rings (SSSR count). The molecule has 0 saturated heterocycles. The zero-order valence-corrected chi connectivity index (χ0v) is 11.4. The van der Waals surface area contributed by atoms with Gasteiger partial charge < -0.3 is 9.47 Å². The van der Waals surface area contributed by atoms with Gasteiger partial charge in [-0.15, -0.1) is 0 Å². The molecule has 0 aromatic carbocycles. The van der Waals surface area contributed by atoms with Gasteiger partial charge in [-0.2, -0.15) is 5.10 Å². The molecule has 19 heavy (non-hydrogen) atoms. The summed E-state index contributed by atoms with van der Waals surface area (Å²) >= 11 is 0. The van der Waals surface area contributed by atoms with Crippen molar-refractivity contribution in [2.75, 3.05) is 14.2 Å². The molecule has 0 N–H and O–H groups in total. The number of carbonyl (C=O) groups excluding carboxylic acids is 2. The van der Waals surface area contributed by atoms with Gasteiger partial charge in [-0.3, -0.25) is 0 Å². The van der Waals surface area contributed by atoms with Crippen LogP contribution in [0.3, 0.4) is 0 Å². The summed E-state index contributed by atoms with van der Waals surface area (Å²) < 4.78 is 33.8. The van der Waals surface area contributed by atoms with E-state index >= 15 is 0 Å². The van der Waals surface area contributed by atoms with E-state index in [1.807, 2.05) is 0 Å². The maximum Gasteiger partial charge on any atom is 0.359 e. The van der Waals surface area contributed by atoms with Crippen molar-refractivity contribution >= 4 is 21.8 Å². The lowest BCUT2D eigenvalue weighted by Crippen LogP contribution is -2.14. The monoisotopic (exact) mass is 288 g/mol. The molecular weight excluding hydrogens is 276 g/mol. The number of rotatable bonds is 2. The molecule has 9 heteroatoms. The molecule has 1 aromatic rings. The Morgan fingerprint density at radius 1 is 1.26 bits per heavy atom. The van der Waals surface area contributed by atoms with E-state index in [1.165, 1.54) is 6.92 Å². The van der Waals surface area contributed by atoms with Crippen LogP contribution in [0.2, 0.25) is 0 Å². The number of carbonyl (C=O) groups is 2. The SMILES string of the molecule is COC(=O)c1nn2c(c1C(=O)OC)CS(=O)(=O)C2C. The first-order chi connectivity index (χ1) is 8.83. The minimum absolute atomic E-state index is 0.151. The first-order valence-corrected chi connectivity index (χ1v) is 7.04. The van der Waals surface area contributed by atoms with Crippen LogP contribution in [-0.4, -0.2) is 44.4 Å². The summed E-state index contributed by atoms with van der Waals surface area (Å²) in [5, 5.41) is 2.94. The molecule has 0 saturated carbocycles. The van der Waals surface area contributed by atoms with Gasteiger partial charge >= 0.3 is 11.9 Å². The highest BCUT2D eigenvalue weighted by Gasteiger charge is 2.41. The van der Waals surface area contributed by atoms with Gasteiger partial charge in [0.15, 0.2) is 20.9 Å². The van der Waals surface area contributed by atoms with Crippen molar-refractivity contribution in [2.45, 2.75) is 18.1 Å². The average molecular weight is 288 g/mol. The van der Waals surface area contributed by atoms with Gasteiger partial charge in [0, 0.05) is 0 Å². The minimum atomic E-state index is -3.41. The van der Waals surface area contributed by atoms with Crippen LogP contribution in [0.15, 0.2) is 0 Å². The van der Waals surface area contributed by atoms with Gasteiger partial charge in [0.25, 0.3) is 0 Å². The molecule has 1 aliphatic rings. The van der Waals surface area contributed by atoms with Crippen molar-refractivity contribution in [3.8, 4) is 0 Å². The van der Waals surface area contributed by atoms with Gasteiger partial charge in [-0.1, -0.05) is 0 Å². The molecule has 1 aliphatic heterocycles. The zero-order chi connectivity index (χ0) is 14.4. The van der Waals surface area contributed by atoms with Crippen molar-refractivity contribution < 1.29 is 27.5 Å². The Morgan fingerprint density at radius 3 is 2.37 bits per heavy atom. The number of esters is 2. The number of hydrogen-bond donors (Lipinski definition) is 0. The number of hydrogen-bond acceptors (Lipinski definition) is 7. The smallest absolute Gasteiger partial charge is 0.359 e. The van der Waals surface area contributed by atoms with Crippen LogP contribution in [0, 0.1) is 0 Å². The number of methoxy groups -OCH3 is 2. The van der Waals surface area contributed by atoms with Crippen LogP contribution in [0.25, 0.3) is 0 Å². The largest absolute Gasteiger partial charge is 0.465 e. The third-order valence-corrected chi connectivity index (χ3v) is 4.89. The number of ether oxygens (including phenoxy) is 2. The molecule has 2 heterocycles. The number of fused-ring (bicyclic) bond motifs is 1. The summed E-state index contributed by atoms with van der Waals surface area (Å²) in [6.45, 7) is 1.43. The molecule has 0 fully saturated rings. The standard InChI is InChI=1S/C10H12N2O6S/c1-5-12-6(4-19(5,15)16)7(9(13)17-2)8(11-12)10(14)18-3/h5H,4H2,1-3H3. The fraction of sp³-hybridized carbons (Fsp3) is 0.500. The normalized spacial score (nSPS) is 19.8. The Kier molecular flexibility index (Phi) is 3.09. The van der Waals surface area contributed by atoms with E-state index in [4.69, 9.17) is 0 Å². The molecule has 0 radical (unpaired) electrons. The van der Waals surface area contributed by atoms with E-state index in [1.54, 1.807) is 0 Å². The number of aromatic nitrogens is 2. The van der Waals surface area contributed by atoms with Crippen molar-refractivity contribution in [1.82, 2.24) is 9.78 Å². The first kappa shape index (κ1) is 13.5. The predicted octanol–water partition coefficient (Wildman–Crippen LogP) is -0.0968. The second-order valence-corrected chi connectivity index (χ2v) is 6.30. The summed E-state index contributed by atoms with van der Waals surface area (Å²) in [6, 6.07) is 0. The van der Waals surface area contributed by atoms with Gasteiger partial charge in [0.05, 0.1) is 25.7 Å². The average Bonchev–Trinajstić information content (AvgIpc) is 2.83. The third kappa shape index (κ3) is 1.89. The summed E-state index contributed by atoms with van der Waals surface area (Å²) in [5.41, 5.74) is -0.229. The fourth-order valence-electron chi connectivity index (χ4n) is 1.93. The van der Waals surface area contributed by atoms with Crippen LogP contribution >= 0.6 is 0 Å². The van der Waals surface area contributed by atoms with Crippen LogP contribution in [0.1, 0.15) is 38.8 Å². The molecule has 0 spiro atoms. The third-order valence-electron chi connectivity index (χ3n) is 2.98. The van der Waals surface area contributed by atoms with Gasteiger partial charge in [-0.25, -0.2) is 22.7 Å². The van der Waals surface area contributed by atoms with E-state index < -0.39 is 27.1 Å². The molecular formula is C10H12N2O6S. The van der Waals surface area contributed by atoms with Crippen molar-refractivity contribution in [3.63, 3.8) is 0 Å². The Labute approximate surface area is 109 Å². The highest BCUT2D eigenvalue weighted by Crippen LogP contribution is 2.33. The maximum atomic E-state index is 11.8. The summed E-state index contributed by atoms with van der Waals surface area (Å²) in [4.78, 5) is 23.3. The zero-order valence-electron chi connectivity index (χ0n) is 10.5. The highest BCUT2D eigenvalue weighted by atomic mass is 32.2. The Hall–Kier alpha value is -1.90. The molecule has 0 bridgehead atoms. The molecule has 8 nitrogen and oxygen atoms in total. The molecule has 0 aliphatic carbocycles. The van der Waals surface area contributed by atoms with Crippen molar-refractivity contribution in [1.29, 1.82) is 0 Å². The molecule has 0 amide bonds. The van der Waals surface area contributed by atoms with Gasteiger partial charge in [0.1, 0.15) is 5.56 Å². The van der Waals surface area contributed by atoms with Crippen LogP contribution in [-0.2, 0) is 25.1 Å². The fourth-order valence-corrected chi connectivity index (χ4v) is 3.31. The lowest BCUT2D eigenvalue weighted by Gasteiger charge is -2.03. The first-order valence-electron chi connectivity index (χ1n) is 5.33. The summed E-state index contributed by atoms with van der Waals surface area (Å²) in [5.74, 6) is -1.99. The minimum Gasteiger partial charge on any atom is -0.465 e. The Balaban J connectivity index is 2.67. The Bertz CT molecular complexity index is 660. The van der Waals surface area contributed by atoms with Crippen molar-refractivity contribution in [3.05, 3.63) is 17.0 Å². The molecule has 1 aromatic heterocycles. The predicted molar refractivity (Wildman–Crippen MR) is 62.2 cm³/mol. The molecule has 1 atom stereocenters. The van der Waals surface area contributed by atoms with E-state index in [2.05, 4.69) is 14.6 Å². The van der Waals surface area contributed by atoms with E-state index in [0.29, 0.717) is 0 Å². The number of nitrogens with zero attached hydrogens (tertiary/aromatic N) is 2. The van der Waals surface area contributed by atoms with Crippen molar-refractivity contribution in [2.24, 2.45) is 0 Å². The second kappa shape index (κ2) is 4.34. The van der Waals surface area contributed by atoms with Crippen LogP contribution < -0.4 is 0 Å². The van der Waals surface area contributed by atoms with E-state index in [9.17, 15) is 18.0 Å². The number of sulfone groups is 1. The quantitative estimate of drug-likeness (QED) is 0.700. The van der Waals surface area contributed by atoms with E-state index in [0.717, 1.165) is 18.9 Å². The van der Waals surface area contributed by atoms with E-state index in [-0.39, 0.29) is 22.7 Å². The van der Waals surface area contributed by atoms with Crippen LogP contribution in [0.4, 0.5) is 0 Å². The maximum absolute atomic E-state index is 11.8. The molecule has 1 unspecified atom stereocenters. The highest BCUT2D eigenvalue weighted by molar-refractivity contribution is 7.90. The van der Waals surface area contributed by atoms with Crippen LogP contribution in [0.5, 0.6) is 0 Å². The summed E-state index contributed by atoms with van der Waals surface area (Å²) in [6.07, 6.45) is 0. The molecule has 104 valence electrons. The Morgan fingerprint density at radius 2 is 1.84 bits per heavy atom. The lowest BCUT2D eigenvalue weighted by atomic mass is 10.2. The lowest BCUT2D eigenvalue weighted by molar-refractivity contribution is 0.0551. The second-order valence-electron chi connectivity index (χ2n) is 4.00. The van der Waals surface area contributed by atoms with Gasteiger partial charge in [-0.05, 0) is 6.92 Å². The topological polar surface area (TPSA) is 105 Å². The van der Waals surface area contributed by atoms with Gasteiger partial charge in [0.2, 0.25) is 0 Å².